The van der Waals surface area contributed by atoms with Crippen molar-refractivity contribution in [2.75, 3.05) is 18.1 Å². The zero-order valence-corrected chi connectivity index (χ0v) is 7.76. The second-order valence-corrected chi connectivity index (χ2v) is 5.54. The fraction of sp³-hybridized carbons (Fsp3) is 1.00. The third-order valence-electron chi connectivity index (χ3n) is 2.27. The molecule has 5 heteroatoms. The van der Waals surface area contributed by atoms with E-state index in [1.54, 1.807) is 0 Å². The van der Waals surface area contributed by atoms with Crippen molar-refractivity contribution < 1.29 is 13.5 Å². The average molecular weight is 193 g/mol. The molecular weight excluding hydrogens is 178 g/mol. The van der Waals surface area contributed by atoms with E-state index in [0.717, 1.165) is 0 Å². The van der Waals surface area contributed by atoms with Crippen LogP contribution in [0.1, 0.15) is 12.8 Å². The summed E-state index contributed by atoms with van der Waals surface area (Å²) < 4.78 is 22.0. The first-order valence-electron chi connectivity index (χ1n) is 4.14. The van der Waals surface area contributed by atoms with E-state index < -0.39 is 15.9 Å². The second kappa shape index (κ2) is 3.72. The van der Waals surface area contributed by atoms with Crippen LogP contribution in [-0.2, 0) is 9.84 Å². The van der Waals surface area contributed by atoms with Crippen LogP contribution >= 0.6 is 0 Å². The number of nitrogens with two attached hydrogens (primary N) is 1. The Morgan fingerprint density at radius 2 is 2.25 bits per heavy atom. The van der Waals surface area contributed by atoms with Crippen LogP contribution < -0.4 is 5.73 Å². The zero-order chi connectivity index (χ0) is 9.19. The summed E-state index contributed by atoms with van der Waals surface area (Å²) in [5.74, 6) is 0.270. The minimum Gasteiger partial charge on any atom is -0.393 e. The molecule has 2 atom stereocenters. The quantitative estimate of drug-likeness (QED) is 0.610. The lowest BCUT2D eigenvalue weighted by molar-refractivity contribution is 0.113. The van der Waals surface area contributed by atoms with Gasteiger partial charge in [-0.05, 0) is 25.3 Å². The van der Waals surface area contributed by atoms with E-state index in [9.17, 15) is 13.5 Å². The van der Waals surface area contributed by atoms with Crippen molar-refractivity contribution in [2.45, 2.75) is 18.9 Å². The van der Waals surface area contributed by atoms with Crippen molar-refractivity contribution in [3.05, 3.63) is 0 Å². The number of rotatable bonds is 3. The summed E-state index contributed by atoms with van der Waals surface area (Å²) in [6, 6.07) is 0. The van der Waals surface area contributed by atoms with Gasteiger partial charge < -0.3 is 10.8 Å². The van der Waals surface area contributed by atoms with Crippen LogP contribution in [0.2, 0.25) is 0 Å². The van der Waals surface area contributed by atoms with Gasteiger partial charge in [-0.2, -0.15) is 0 Å². The van der Waals surface area contributed by atoms with Gasteiger partial charge in [0.1, 0.15) is 0 Å². The molecule has 0 saturated carbocycles. The van der Waals surface area contributed by atoms with Crippen LogP contribution in [0, 0.1) is 5.92 Å². The van der Waals surface area contributed by atoms with Crippen molar-refractivity contribution in [2.24, 2.45) is 11.7 Å². The molecule has 1 unspecified atom stereocenters. The fourth-order valence-corrected chi connectivity index (χ4v) is 3.40. The van der Waals surface area contributed by atoms with E-state index in [0.29, 0.717) is 19.4 Å². The fourth-order valence-electron chi connectivity index (χ4n) is 1.53. The summed E-state index contributed by atoms with van der Waals surface area (Å²) in [5, 5.41) is 9.44. The number of hydrogen-bond donors (Lipinski definition) is 2. The van der Waals surface area contributed by atoms with Crippen molar-refractivity contribution in [3.63, 3.8) is 0 Å². The van der Waals surface area contributed by atoms with Gasteiger partial charge in [0.15, 0.2) is 9.84 Å². The van der Waals surface area contributed by atoms with E-state index >= 15 is 0 Å². The van der Waals surface area contributed by atoms with E-state index in [2.05, 4.69) is 0 Å². The first-order chi connectivity index (χ1) is 5.55. The Hall–Kier alpha value is -0.130. The summed E-state index contributed by atoms with van der Waals surface area (Å²) in [4.78, 5) is 0. The van der Waals surface area contributed by atoms with Crippen LogP contribution in [0.25, 0.3) is 0 Å². The van der Waals surface area contributed by atoms with E-state index in [1.807, 2.05) is 0 Å². The number of sulfone groups is 1. The van der Waals surface area contributed by atoms with Gasteiger partial charge in [-0.25, -0.2) is 8.42 Å². The lowest BCUT2D eigenvalue weighted by Crippen LogP contribution is -2.24. The third kappa shape index (κ3) is 2.43. The van der Waals surface area contributed by atoms with Gasteiger partial charge in [0, 0.05) is 0 Å². The maximum Gasteiger partial charge on any atom is 0.150 e. The summed E-state index contributed by atoms with van der Waals surface area (Å²) in [5.41, 5.74) is 5.26. The predicted octanol–water partition coefficient (Wildman–Crippen LogP) is -0.869. The van der Waals surface area contributed by atoms with Gasteiger partial charge in [0.05, 0.1) is 17.6 Å². The average Bonchev–Trinajstić information content (AvgIpc) is 2.31. The smallest absolute Gasteiger partial charge is 0.150 e. The van der Waals surface area contributed by atoms with E-state index in [4.69, 9.17) is 5.73 Å². The number of aliphatic hydroxyl groups excluding tert-OH is 1. The number of hydrogen-bond acceptors (Lipinski definition) is 4. The molecule has 0 aromatic carbocycles. The zero-order valence-electron chi connectivity index (χ0n) is 6.94. The lowest BCUT2D eigenvalue weighted by atomic mass is 10.00. The summed E-state index contributed by atoms with van der Waals surface area (Å²) in [7, 11) is -2.86. The van der Waals surface area contributed by atoms with Crippen molar-refractivity contribution >= 4 is 9.84 Å². The van der Waals surface area contributed by atoms with Crippen molar-refractivity contribution in [3.8, 4) is 0 Å². The highest BCUT2D eigenvalue weighted by Crippen LogP contribution is 2.22. The molecule has 0 aliphatic carbocycles. The highest BCUT2D eigenvalue weighted by molar-refractivity contribution is 7.91. The molecule has 1 fully saturated rings. The summed E-state index contributed by atoms with van der Waals surface area (Å²) >= 11 is 0. The molecule has 1 saturated heterocycles. The summed E-state index contributed by atoms with van der Waals surface area (Å²) in [6.07, 6.45) is 0.552. The van der Waals surface area contributed by atoms with E-state index in [-0.39, 0.29) is 17.4 Å². The Bertz CT molecular complexity index is 237. The van der Waals surface area contributed by atoms with Gasteiger partial charge in [0.2, 0.25) is 0 Å². The third-order valence-corrected chi connectivity index (χ3v) is 4.07. The molecule has 12 heavy (non-hydrogen) atoms. The van der Waals surface area contributed by atoms with Crippen molar-refractivity contribution in [1.82, 2.24) is 0 Å². The Morgan fingerprint density at radius 1 is 1.58 bits per heavy atom. The van der Waals surface area contributed by atoms with Crippen LogP contribution in [-0.4, -0.2) is 37.7 Å². The highest BCUT2D eigenvalue weighted by atomic mass is 32.2. The van der Waals surface area contributed by atoms with Crippen LogP contribution in [0.3, 0.4) is 0 Å². The molecule has 3 N–H and O–H groups in total. The van der Waals surface area contributed by atoms with Gasteiger partial charge >= 0.3 is 0 Å². The molecular formula is C7H15NO3S. The molecule has 0 amide bonds. The standard InChI is InChI=1S/C7H15NO3S/c8-3-1-7(9)6-2-4-12(10,11)5-6/h6-7,9H,1-5,8H2/t6?,7-/m0/s1. The first kappa shape index (κ1) is 9.95. The van der Waals surface area contributed by atoms with Crippen molar-refractivity contribution in [1.29, 1.82) is 0 Å². The van der Waals surface area contributed by atoms with Gasteiger partial charge in [-0.3, -0.25) is 0 Å². The minimum atomic E-state index is -2.86. The largest absolute Gasteiger partial charge is 0.393 e. The maximum absolute atomic E-state index is 11.0. The SMILES string of the molecule is NCC[C@H](O)C1CCS(=O)(=O)C1. The second-order valence-electron chi connectivity index (χ2n) is 3.31. The Balaban J connectivity index is 2.46. The molecule has 0 bridgehead atoms. The van der Waals surface area contributed by atoms with Gasteiger partial charge in [-0.15, -0.1) is 0 Å². The topological polar surface area (TPSA) is 80.4 Å². The normalized spacial score (nSPS) is 30.3. The first-order valence-corrected chi connectivity index (χ1v) is 5.96. The van der Waals surface area contributed by atoms with Crippen LogP contribution in [0.4, 0.5) is 0 Å². The molecule has 1 heterocycles. The van der Waals surface area contributed by atoms with Crippen LogP contribution in [0.15, 0.2) is 0 Å². The maximum atomic E-state index is 11.0. The van der Waals surface area contributed by atoms with E-state index in [1.165, 1.54) is 0 Å². The molecule has 0 radical (unpaired) electrons. The summed E-state index contributed by atoms with van der Waals surface area (Å²) in [6.45, 7) is 0.414. The molecule has 1 aliphatic heterocycles. The van der Waals surface area contributed by atoms with Crippen LogP contribution in [0.5, 0.6) is 0 Å². The molecule has 0 aromatic rings. The molecule has 0 aromatic heterocycles. The highest BCUT2D eigenvalue weighted by Gasteiger charge is 2.32. The Kier molecular flexibility index (Phi) is 3.09. The molecule has 4 nitrogen and oxygen atoms in total. The monoisotopic (exact) mass is 193 g/mol. The predicted molar refractivity (Wildman–Crippen MR) is 46.4 cm³/mol. The molecule has 1 rings (SSSR count). The molecule has 72 valence electrons. The molecule has 0 spiro atoms. The Labute approximate surface area is 72.7 Å². The minimum absolute atomic E-state index is 0.0847. The number of aliphatic hydroxyl groups is 1. The lowest BCUT2D eigenvalue weighted by Gasteiger charge is -2.14. The molecule has 1 aliphatic rings. The van der Waals surface area contributed by atoms with Gasteiger partial charge in [-0.1, -0.05) is 0 Å². The van der Waals surface area contributed by atoms with Gasteiger partial charge in [0.25, 0.3) is 0 Å². The Morgan fingerprint density at radius 3 is 2.67 bits per heavy atom.